The monoisotopic (exact) mass is 326 g/mol. The van der Waals surface area contributed by atoms with Gasteiger partial charge in [0, 0.05) is 26.2 Å². The molecule has 0 aliphatic carbocycles. The molecule has 1 aliphatic heterocycles. The van der Waals surface area contributed by atoms with Gasteiger partial charge in [0.2, 0.25) is 0 Å². The van der Waals surface area contributed by atoms with Gasteiger partial charge in [-0.05, 0) is 35.4 Å². The van der Waals surface area contributed by atoms with Crippen molar-refractivity contribution in [2.24, 2.45) is 0 Å². The van der Waals surface area contributed by atoms with Crippen molar-refractivity contribution in [2.75, 3.05) is 32.7 Å². The van der Waals surface area contributed by atoms with Gasteiger partial charge in [-0.25, -0.2) is 8.78 Å². The summed E-state index contributed by atoms with van der Waals surface area (Å²) >= 11 is 0. The average molecular weight is 326 g/mol. The summed E-state index contributed by atoms with van der Waals surface area (Å²) in [7, 11) is 0. The highest BCUT2D eigenvalue weighted by Gasteiger charge is 2.26. The number of piperazine rings is 1. The minimum Gasteiger partial charge on any atom is -0.290 e. The smallest absolute Gasteiger partial charge is 0.123 e. The second-order valence-electron chi connectivity index (χ2n) is 6.02. The van der Waals surface area contributed by atoms with Crippen molar-refractivity contribution in [3.05, 3.63) is 71.3 Å². The molecule has 0 amide bonds. The van der Waals surface area contributed by atoms with Crippen LogP contribution in [0, 0.1) is 24.0 Å². The van der Waals surface area contributed by atoms with Gasteiger partial charge >= 0.3 is 0 Å². The molecule has 0 saturated carbocycles. The van der Waals surface area contributed by atoms with Crippen LogP contribution in [-0.4, -0.2) is 42.5 Å². The molecule has 0 unspecified atom stereocenters. The van der Waals surface area contributed by atoms with E-state index in [0.717, 1.165) is 37.3 Å². The summed E-state index contributed by atoms with van der Waals surface area (Å²) in [6, 6.07) is 13.1. The fourth-order valence-electron chi connectivity index (χ4n) is 3.21. The molecule has 3 rings (SSSR count). The molecule has 1 fully saturated rings. The van der Waals surface area contributed by atoms with Crippen molar-refractivity contribution in [2.45, 2.75) is 6.04 Å². The first-order valence-corrected chi connectivity index (χ1v) is 8.08. The summed E-state index contributed by atoms with van der Waals surface area (Å²) in [5, 5.41) is 0. The summed E-state index contributed by atoms with van der Waals surface area (Å²) in [5.41, 5.74) is 2.02. The molecular formula is C20H20F2N2. The third-order valence-corrected chi connectivity index (χ3v) is 4.46. The molecule has 124 valence electrons. The van der Waals surface area contributed by atoms with Gasteiger partial charge in [0.25, 0.3) is 0 Å². The lowest BCUT2D eigenvalue weighted by atomic mass is 9.96. The van der Waals surface area contributed by atoms with Gasteiger partial charge in [-0.15, -0.1) is 6.42 Å². The first-order valence-electron chi connectivity index (χ1n) is 8.08. The number of rotatable bonds is 4. The van der Waals surface area contributed by atoms with E-state index in [1.165, 1.54) is 24.3 Å². The van der Waals surface area contributed by atoms with Crippen LogP contribution < -0.4 is 0 Å². The van der Waals surface area contributed by atoms with Crippen LogP contribution in [-0.2, 0) is 0 Å². The van der Waals surface area contributed by atoms with Crippen molar-refractivity contribution in [3.63, 3.8) is 0 Å². The van der Waals surface area contributed by atoms with Gasteiger partial charge in [-0.2, -0.15) is 0 Å². The largest absolute Gasteiger partial charge is 0.290 e. The Morgan fingerprint density at radius 2 is 1.29 bits per heavy atom. The summed E-state index contributed by atoms with van der Waals surface area (Å²) in [4.78, 5) is 4.58. The van der Waals surface area contributed by atoms with Gasteiger partial charge in [-0.1, -0.05) is 30.2 Å². The minimum atomic E-state index is -0.254. The summed E-state index contributed by atoms with van der Waals surface area (Å²) in [5.74, 6) is 2.17. The predicted octanol–water partition coefficient (Wildman–Crippen LogP) is 3.31. The Morgan fingerprint density at radius 1 is 0.833 bits per heavy atom. The zero-order chi connectivity index (χ0) is 16.9. The highest BCUT2D eigenvalue weighted by Crippen LogP contribution is 2.30. The molecule has 4 heteroatoms. The molecular weight excluding hydrogens is 306 g/mol. The van der Waals surface area contributed by atoms with E-state index >= 15 is 0 Å². The molecule has 2 aromatic carbocycles. The number of benzene rings is 2. The molecule has 1 aliphatic rings. The maximum Gasteiger partial charge on any atom is 0.123 e. The fraction of sp³-hybridized carbons (Fsp3) is 0.300. The molecule has 0 aromatic heterocycles. The molecule has 1 heterocycles. The molecule has 0 atom stereocenters. The lowest BCUT2D eigenvalue weighted by Crippen LogP contribution is -2.47. The number of hydrogen-bond donors (Lipinski definition) is 0. The number of terminal acetylenes is 1. The lowest BCUT2D eigenvalue weighted by Gasteiger charge is -2.39. The normalized spacial score (nSPS) is 16.2. The summed E-state index contributed by atoms with van der Waals surface area (Å²) in [6.45, 7) is 4.17. The van der Waals surface area contributed by atoms with Crippen LogP contribution in [0.2, 0.25) is 0 Å². The van der Waals surface area contributed by atoms with E-state index in [0.29, 0.717) is 6.54 Å². The highest BCUT2D eigenvalue weighted by molar-refractivity contribution is 5.32. The van der Waals surface area contributed by atoms with E-state index in [-0.39, 0.29) is 17.7 Å². The average Bonchev–Trinajstić information content (AvgIpc) is 2.60. The van der Waals surface area contributed by atoms with Crippen molar-refractivity contribution in [3.8, 4) is 12.3 Å². The van der Waals surface area contributed by atoms with E-state index in [4.69, 9.17) is 6.42 Å². The highest BCUT2D eigenvalue weighted by atomic mass is 19.1. The Morgan fingerprint density at radius 3 is 1.71 bits per heavy atom. The Balaban J connectivity index is 1.87. The van der Waals surface area contributed by atoms with Crippen LogP contribution in [0.15, 0.2) is 48.5 Å². The van der Waals surface area contributed by atoms with E-state index in [9.17, 15) is 8.78 Å². The molecule has 2 nitrogen and oxygen atoms in total. The Hall–Kier alpha value is -2.22. The van der Waals surface area contributed by atoms with Gasteiger partial charge in [-0.3, -0.25) is 9.80 Å². The predicted molar refractivity (Wildman–Crippen MR) is 91.5 cm³/mol. The zero-order valence-electron chi connectivity index (χ0n) is 13.5. The van der Waals surface area contributed by atoms with Crippen LogP contribution in [0.5, 0.6) is 0 Å². The third-order valence-electron chi connectivity index (χ3n) is 4.46. The number of hydrogen-bond acceptors (Lipinski definition) is 2. The van der Waals surface area contributed by atoms with Crippen molar-refractivity contribution in [1.29, 1.82) is 0 Å². The third kappa shape index (κ3) is 3.81. The van der Waals surface area contributed by atoms with E-state index < -0.39 is 0 Å². The van der Waals surface area contributed by atoms with Crippen LogP contribution in [0.3, 0.4) is 0 Å². The number of halogens is 2. The van der Waals surface area contributed by atoms with Crippen LogP contribution >= 0.6 is 0 Å². The molecule has 0 N–H and O–H groups in total. The zero-order valence-corrected chi connectivity index (χ0v) is 13.5. The van der Waals surface area contributed by atoms with Gasteiger partial charge < -0.3 is 0 Å². The van der Waals surface area contributed by atoms with Crippen molar-refractivity contribution < 1.29 is 8.78 Å². The number of nitrogens with zero attached hydrogens (tertiary/aromatic N) is 2. The van der Waals surface area contributed by atoms with Crippen LogP contribution in [0.1, 0.15) is 17.2 Å². The Bertz CT molecular complexity index is 650. The first kappa shape index (κ1) is 16.6. The molecule has 0 spiro atoms. The first-order chi connectivity index (χ1) is 11.7. The standard InChI is InChI=1S/C20H20F2N2/c1-2-11-23-12-14-24(15-13-23)20(16-3-7-18(21)8-4-16)17-5-9-19(22)10-6-17/h1,3-10,20H,11-15H2. The van der Waals surface area contributed by atoms with E-state index in [2.05, 4.69) is 15.7 Å². The molecule has 0 radical (unpaired) electrons. The van der Waals surface area contributed by atoms with E-state index in [1.807, 2.05) is 0 Å². The summed E-state index contributed by atoms with van der Waals surface area (Å²) in [6.07, 6.45) is 5.39. The second kappa shape index (κ2) is 7.57. The Kier molecular flexibility index (Phi) is 5.24. The Labute approximate surface area is 141 Å². The summed E-state index contributed by atoms with van der Waals surface area (Å²) < 4.78 is 26.6. The fourth-order valence-corrected chi connectivity index (χ4v) is 3.21. The van der Waals surface area contributed by atoms with Crippen molar-refractivity contribution >= 4 is 0 Å². The van der Waals surface area contributed by atoms with Crippen molar-refractivity contribution in [1.82, 2.24) is 9.80 Å². The van der Waals surface area contributed by atoms with E-state index in [1.54, 1.807) is 24.3 Å². The maximum atomic E-state index is 13.3. The molecule has 2 aromatic rings. The minimum absolute atomic E-state index is 0.0146. The van der Waals surface area contributed by atoms with Crippen LogP contribution in [0.4, 0.5) is 8.78 Å². The quantitative estimate of drug-likeness (QED) is 0.796. The molecule has 24 heavy (non-hydrogen) atoms. The maximum absolute atomic E-state index is 13.3. The van der Waals surface area contributed by atoms with Gasteiger partial charge in [0.15, 0.2) is 0 Å². The molecule has 0 bridgehead atoms. The lowest BCUT2D eigenvalue weighted by molar-refractivity contribution is 0.119. The van der Waals surface area contributed by atoms with Gasteiger partial charge in [0.05, 0.1) is 12.6 Å². The SMILES string of the molecule is C#CCN1CCN(C(c2ccc(F)cc2)c2ccc(F)cc2)CC1. The molecule has 1 saturated heterocycles. The van der Waals surface area contributed by atoms with Gasteiger partial charge in [0.1, 0.15) is 11.6 Å². The second-order valence-corrected chi connectivity index (χ2v) is 6.02. The van der Waals surface area contributed by atoms with Crippen LogP contribution in [0.25, 0.3) is 0 Å². The topological polar surface area (TPSA) is 6.48 Å².